The molecule has 0 N–H and O–H groups in total. The van der Waals surface area contributed by atoms with Crippen LogP contribution in [0.25, 0.3) is 11.3 Å². The third kappa shape index (κ3) is 9.96. The molecule has 2 atom stereocenters. The average Bonchev–Trinajstić information content (AvgIpc) is 2.48. The third-order valence-corrected chi connectivity index (χ3v) is 4.89. The van der Waals surface area contributed by atoms with Gasteiger partial charge < -0.3 is 14.1 Å². The molecule has 0 saturated heterocycles. The molecular weight excluding hydrogens is 483 g/mol. The minimum atomic E-state index is -1.35. The number of benzene rings is 1. The molecule has 2 rings (SSSR count). The maximum absolute atomic E-state index is 10.4. The summed E-state index contributed by atoms with van der Waals surface area (Å²) in [6.07, 6.45) is 3.12. The van der Waals surface area contributed by atoms with Gasteiger partial charge in [-0.3, -0.25) is 0 Å². The van der Waals surface area contributed by atoms with Crippen molar-refractivity contribution in [1.82, 2.24) is 4.98 Å². The second kappa shape index (κ2) is 12.1. The van der Waals surface area contributed by atoms with Gasteiger partial charge in [-0.2, -0.15) is 0 Å². The van der Waals surface area contributed by atoms with Crippen LogP contribution in [0.3, 0.4) is 0 Å². The van der Waals surface area contributed by atoms with Gasteiger partial charge in [-0.15, -0.1) is 35.9 Å². The van der Waals surface area contributed by atoms with Crippen LogP contribution < -0.4 is 0 Å². The standard InChI is InChI=1S/C11H8N.C4H12O2P2.Pt/c1-2-6-10(7-3-1)11-8-4-5-9-12-11;1-7(5)3-4-8(2)6;/h1-6,8-9H;7-8H,3-4H2,1-2H3;/q-1;;. The molecule has 0 aliphatic heterocycles. The number of hydrogen-bond donors (Lipinski definition) is 0. The fraction of sp³-hybridized carbons (Fsp3) is 0.267. The van der Waals surface area contributed by atoms with E-state index in [1.807, 2.05) is 42.5 Å². The van der Waals surface area contributed by atoms with Crippen LogP contribution in [-0.2, 0) is 30.2 Å². The molecule has 0 saturated carbocycles. The summed E-state index contributed by atoms with van der Waals surface area (Å²) in [4.78, 5) is 4.22. The predicted octanol–water partition coefficient (Wildman–Crippen LogP) is 3.91. The molecule has 118 valence electrons. The van der Waals surface area contributed by atoms with E-state index in [9.17, 15) is 9.13 Å². The second-order valence-corrected chi connectivity index (χ2v) is 8.20. The molecule has 1 aromatic heterocycles. The van der Waals surface area contributed by atoms with Crippen LogP contribution >= 0.6 is 15.6 Å². The molecule has 1 aromatic carbocycles. The van der Waals surface area contributed by atoms with Gasteiger partial charge in [0.05, 0.1) is 15.6 Å². The molecule has 0 amide bonds. The van der Waals surface area contributed by atoms with Crippen LogP contribution in [0, 0.1) is 6.07 Å². The third-order valence-electron chi connectivity index (χ3n) is 2.48. The van der Waals surface area contributed by atoms with E-state index >= 15 is 0 Å². The van der Waals surface area contributed by atoms with E-state index in [0.29, 0.717) is 12.3 Å². The van der Waals surface area contributed by atoms with Gasteiger partial charge >= 0.3 is 0 Å². The predicted molar refractivity (Wildman–Crippen MR) is 88.1 cm³/mol. The molecule has 3 nitrogen and oxygen atoms in total. The summed E-state index contributed by atoms with van der Waals surface area (Å²) < 4.78 is 20.8. The first kappa shape index (κ1) is 20.5. The maximum Gasteiger partial charge on any atom is 0.0737 e. The first-order valence-electron chi connectivity index (χ1n) is 6.46. The zero-order valence-corrected chi connectivity index (χ0v) is 16.4. The number of aromatic nitrogens is 1. The Morgan fingerprint density at radius 1 is 1.00 bits per heavy atom. The maximum atomic E-state index is 10.4. The van der Waals surface area contributed by atoms with E-state index in [1.165, 1.54) is 0 Å². The number of nitrogens with zero attached hydrogens (tertiary/aromatic N) is 1. The van der Waals surface area contributed by atoms with Gasteiger partial charge in [-0.25, -0.2) is 0 Å². The Morgan fingerprint density at radius 2 is 1.62 bits per heavy atom. The van der Waals surface area contributed by atoms with E-state index in [-0.39, 0.29) is 21.1 Å². The summed E-state index contributed by atoms with van der Waals surface area (Å²) in [6, 6.07) is 16.8. The van der Waals surface area contributed by atoms with Crippen LogP contribution in [0.4, 0.5) is 0 Å². The molecule has 0 radical (unpaired) electrons. The van der Waals surface area contributed by atoms with Crippen molar-refractivity contribution in [1.29, 1.82) is 0 Å². The Morgan fingerprint density at radius 3 is 2.05 bits per heavy atom. The molecule has 0 fully saturated rings. The monoisotopic (exact) mass is 503 g/mol. The van der Waals surface area contributed by atoms with Gasteiger partial charge in [0.15, 0.2) is 0 Å². The summed E-state index contributed by atoms with van der Waals surface area (Å²) in [6.45, 7) is 3.41. The summed E-state index contributed by atoms with van der Waals surface area (Å²) in [5.41, 5.74) is 2.01. The van der Waals surface area contributed by atoms with Gasteiger partial charge in [-0.05, 0) is 25.1 Å². The van der Waals surface area contributed by atoms with Gasteiger partial charge in [0.1, 0.15) is 0 Å². The normalized spacial score (nSPS) is 12.3. The molecular formula is C15H20NO2P2Pt-. The van der Waals surface area contributed by atoms with Crippen molar-refractivity contribution in [3.8, 4) is 11.3 Å². The fourth-order valence-corrected chi connectivity index (χ4v) is 4.24. The van der Waals surface area contributed by atoms with Crippen molar-refractivity contribution >= 4 is 15.6 Å². The number of hydrogen-bond acceptors (Lipinski definition) is 3. The van der Waals surface area contributed by atoms with Crippen LogP contribution in [-0.4, -0.2) is 30.6 Å². The largest absolute Gasteiger partial charge is 0.327 e. The van der Waals surface area contributed by atoms with Crippen molar-refractivity contribution < 1.29 is 30.2 Å². The van der Waals surface area contributed by atoms with E-state index in [2.05, 4.69) is 11.1 Å². The van der Waals surface area contributed by atoms with Crippen LogP contribution in [0.5, 0.6) is 0 Å². The Labute approximate surface area is 142 Å². The molecule has 1 heterocycles. The Balaban J connectivity index is 0.000000397. The number of rotatable bonds is 4. The molecule has 6 heteroatoms. The van der Waals surface area contributed by atoms with Crippen molar-refractivity contribution in [3.63, 3.8) is 0 Å². The molecule has 2 aromatic rings. The van der Waals surface area contributed by atoms with E-state index in [1.54, 1.807) is 19.5 Å². The van der Waals surface area contributed by atoms with Crippen LogP contribution in [0.2, 0.25) is 0 Å². The average molecular weight is 503 g/mol. The molecule has 0 aliphatic carbocycles. The second-order valence-electron chi connectivity index (χ2n) is 4.40. The summed E-state index contributed by atoms with van der Waals surface area (Å²) >= 11 is 0. The SMILES string of the molecule is C[PH](=O)CC[PH](C)=O.[Pt].[c-]1ccccc1-c1ccccn1. The van der Waals surface area contributed by atoms with E-state index in [4.69, 9.17) is 0 Å². The zero-order chi connectivity index (χ0) is 14.8. The van der Waals surface area contributed by atoms with Gasteiger partial charge in [0.25, 0.3) is 0 Å². The molecule has 21 heavy (non-hydrogen) atoms. The molecule has 0 bridgehead atoms. The van der Waals surface area contributed by atoms with Gasteiger partial charge in [0, 0.05) is 39.6 Å². The Bertz CT molecular complexity index is 499. The van der Waals surface area contributed by atoms with Crippen LogP contribution in [0.1, 0.15) is 0 Å². The minimum Gasteiger partial charge on any atom is -0.327 e. The summed E-state index contributed by atoms with van der Waals surface area (Å²) in [5.74, 6) is 0. The fourth-order valence-electron chi connectivity index (χ4n) is 1.43. The van der Waals surface area contributed by atoms with E-state index < -0.39 is 15.6 Å². The molecule has 2 unspecified atom stereocenters. The molecule has 0 aliphatic rings. The quantitative estimate of drug-likeness (QED) is 0.470. The molecule has 0 spiro atoms. The van der Waals surface area contributed by atoms with Crippen LogP contribution in [0.15, 0.2) is 48.7 Å². The van der Waals surface area contributed by atoms with Crippen molar-refractivity contribution in [2.75, 3.05) is 25.7 Å². The first-order chi connectivity index (χ1) is 9.59. The number of pyridine rings is 1. The van der Waals surface area contributed by atoms with Crippen molar-refractivity contribution in [3.05, 3.63) is 54.7 Å². The Kier molecular flexibility index (Phi) is 11.8. The zero-order valence-electron chi connectivity index (χ0n) is 12.1. The first-order valence-corrected chi connectivity index (χ1v) is 10.7. The summed E-state index contributed by atoms with van der Waals surface area (Å²) in [5, 5.41) is 0. The minimum absolute atomic E-state index is 0. The van der Waals surface area contributed by atoms with E-state index in [0.717, 1.165) is 11.3 Å². The van der Waals surface area contributed by atoms with Gasteiger partial charge in [0.2, 0.25) is 0 Å². The summed E-state index contributed by atoms with van der Waals surface area (Å²) in [7, 11) is -2.71. The van der Waals surface area contributed by atoms with Crippen molar-refractivity contribution in [2.45, 2.75) is 0 Å². The topological polar surface area (TPSA) is 47.0 Å². The van der Waals surface area contributed by atoms with Crippen molar-refractivity contribution in [2.24, 2.45) is 0 Å². The van der Waals surface area contributed by atoms with Gasteiger partial charge in [-0.1, -0.05) is 12.1 Å². The smallest absolute Gasteiger partial charge is 0.0737 e. The Hall–Kier alpha value is -0.482.